The van der Waals surface area contributed by atoms with Crippen LogP contribution in [0.1, 0.15) is 5.56 Å². The lowest BCUT2D eigenvalue weighted by atomic mass is 10.1. The molecule has 5 nitrogen and oxygen atoms in total. The van der Waals surface area contributed by atoms with Gasteiger partial charge in [-0.05, 0) is 36.2 Å². The minimum absolute atomic E-state index is 0.0540. The Bertz CT molecular complexity index is 1280. The zero-order chi connectivity index (χ0) is 20.5. The fourth-order valence-corrected chi connectivity index (χ4v) is 4.55. The molecule has 0 unspecified atom stereocenters. The van der Waals surface area contributed by atoms with Gasteiger partial charge in [0.25, 0.3) is 5.56 Å². The van der Waals surface area contributed by atoms with Gasteiger partial charge in [0.1, 0.15) is 17.2 Å². The molecule has 29 heavy (non-hydrogen) atoms. The molecule has 1 amide bonds. The fourth-order valence-electron chi connectivity index (χ4n) is 3.07. The van der Waals surface area contributed by atoms with Crippen molar-refractivity contribution in [3.8, 4) is 10.4 Å². The molecule has 0 radical (unpaired) electrons. The van der Waals surface area contributed by atoms with Crippen molar-refractivity contribution in [2.75, 3.05) is 5.32 Å². The van der Waals surface area contributed by atoms with Gasteiger partial charge in [0, 0.05) is 9.35 Å². The Morgan fingerprint density at radius 2 is 2.00 bits per heavy atom. The summed E-state index contributed by atoms with van der Waals surface area (Å²) in [6, 6.07) is 14.1. The third-order valence-corrected chi connectivity index (χ3v) is 6.21. The number of carbonyl (C=O) groups excluding carboxylic acids is 1. The van der Waals surface area contributed by atoms with Gasteiger partial charge in [0.05, 0.1) is 17.4 Å². The van der Waals surface area contributed by atoms with Gasteiger partial charge in [-0.25, -0.2) is 9.37 Å². The molecule has 0 saturated heterocycles. The van der Waals surface area contributed by atoms with Crippen LogP contribution in [0.25, 0.3) is 20.7 Å². The van der Waals surface area contributed by atoms with Gasteiger partial charge >= 0.3 is 0 Å². The number of hydrogen-bond acceptors (Lipinski definition) is 4. The molecule has 1 N–H and O–H groups in total. The summed E-state index contributed by atoms with van der Waals surface area (Å²) in [5, 5.41) is 2.99. The van der Waals surface area contributed by atoms with Crippen molar-refractivity contribution in [2.45, 2.75) is 13.5 Å². The summed E-state index contributed by atoms with van der Waals surface area (Å²) in [6.45, 7) is 1.62. The van der Waals surface area contributed by atoms with Crippen LogP contribution in [-0.2, 0) is 11.3 Å². The molecule has 0 bridgehead atoms. The van der Waals surface area contributed by atoms with Crippen LogP contribution in [0.2, 0.25) is 0 Å². The number of aromatic nitrogens is 2. The standard InChI is InChI=1S/C21H15BrFN3O2S/c1-12-18-20(29-19(12)13-5-3-2-4-6-13)24-11-26(21(18)28)10-17(27)25-16-8-7-14(22)9-15(16)23/h2-9,11H,10H2,1H3,(H,25,27). The zero-order valence-electron chi connectivity index (χ0n) is 15.3. The number of carbonyl (C=O) groups is 1. The molecule has 0 aliphatic heterocycles. The van der Waals surface area contributed by atoms with E-state index in [1.807, 2.05) is 37.3 Å². The molecule has 0 spiro atoms. The highest BCUT2D eigenvalue weighted by atomic mass is 79.9. The monoisotopic (exact) mass is 471 g/mol. The summed E-state index contributed by atoms with van der Waals surface area (Å²) in [4.78, 5) is 31.3. The highest BCUT2D eigenvalue weighted by molar-refractivity contribution is 9.10. The number of nitrogens with one attached hydrogen (secondary N) is 1. The second-order valence-corrected chi connectivity index (χ2v) is 8.37. The predicted molar refractivity (Wildman–Crippen MR) is 117 cm³/mol. The molecule has 0 atom stereocenters. The Labute approximate surface area is 178 Å². The number of fused-ring (bicyclic) bond motifs is 1. The number of aryl methyl sites for hydroxylation is 1. The van der Waals surface area contributed by atoms with Crippen LogP contribution in [0, 0.1) is 12.7 Å². The summed E-state index contributed by atoms with van der Waals surface area (Å²) < 4.78 is 15.7. The van der Waals surface area contributed by atoms with E-state index in [-0.39, 0.29) is 17.8 Å². The minimum atomic E-state index is -0.560. The first-order valence-corrected chi connectivity index (χ1v) is 10.3. The number of benzene rings is 2. The lowest BCUT2D eigenvalue weighted by Crippen LogP contribution is -2.28. The fraction of sp³-hybridized carbons (Fsp3) is 0.0952. The maximum Gasteiger partial charge on any atom is 0.262 e. The van der Waals surface area contributed by atoms with Gasteiger partial charge in [0.2, 0.25) is 5.91 Å². The third-order valence-electron chi connectivity index (χ3n) is 4.47. The van der Waals surface area contributed by atoms with Gasteiger partial charge in [-0.15, -0.1) is 11.3 Å². The average molecular weight is 472 g/mol. The number of halogens is 2. The molecule has 0 aliphatic rings. The lowest BCUT2D eigenvalue weighted by molar-refractivity contribution is -0.116. The van der Waals surface area contributed by atoms with E-state index in [9.17, 15) is 14.0 Å². The summed E-state index contributed by atoms with van der Waals surface area (Å²) >= 11 is 4.61. The van der Waals surface area contributed by atoms with Crippen LogP contribution in [0.4, 0.5) is 10.1 Å². The SMILES string of the molecule is Cc1c(-c2ccccc2)sc2ncn(CC(=O)Nc3ccc(Br)cc3F)c(=O)c12. The van der Waals surface area contributed by atoms with Crippen LogP contribution in [0.5, 0.6) is 0 Å². The molecule has 0 fully saturated rings. The van der Waals surface area contributed by atoms with Crippen LogP contribution >= 0.6 is 27.3 Å². The summed E-state index contributed by atoms with van der Waals surface area (Å²) in [7, 11) is 0. The smallest absolute Gasteiger partial charge is 0.262 e. The Hall–Kier alpha value is -2.84. The normalized spacial score (nSPS) is 11.0. The van der Waals surface area contributed by atoms with Gasteiger partial charge in [-0.2, -0.15) is 0 Å². The maximum atomic E-state index is 13.9. The van der Waals surface area contributed by atoms with Crippen molar-refractivity contribution in [1.29, 1.82) is 0 Å². The predicted octanol–water partition coefficient (Wildman–Crippen LogP) is 4.97. The molecular formula is C21H15BrFN3O2S. The molecule has 2 aromatic heterocycles. The van der Waals surface area contributed by atoms with Crippen molar-refractivity contribution >= 4 is 49.1 Å². The van der Waals surface area contributed by atoms with E-state index in [1.54, 1.807) is 6.07 Å². The van der Waals surface area contributed by atoms with Gasteiger partial charge in [-0.1, -0.05) is 46.3 Å². The Balaban J connectivity index is 1.65. The summed E-state index contributed by atoms with van der Waals surface area (Å²) in [6.07, 6.45) is 1.35. The lowest BCUT2D eigenvalue weighted by Gasteiger charge is -2.08. The zero-order valence-corrected chi connectivity index (χ0v) is 17.7. The number of amides is 1. The molecule has 2 heterocycles. The third kappa shape index (κ3) is 3.86. The average Bonchev–Trinajstić information content (AvgIpc) is 3.04. The van der Waals surface area contributed by atoms with Gasteiger partial charge in [-0.3, -0.25) is 14.2 Å². The molecule has 2 aromatic carbocycles. The number of thiophene rings is 1. The number of nitrogens with zero attached hydrogens (tertiary/aromatic N) is 2. The molecule has 146 valence electrons. The van der Waals surface area contributed by atoms with E-state index in [0.29, 0.717) is 14.7 Å². The number of hydrogen-bond donors (Lipinski definition) is 1. The molecule has 0 saturated carbocycles. The molecule has 4 rings (SSSR count). The van der Waals surface area contributed by atoms with Crippen LogP contribution in [0.3, 0.4) is 0 Å². The number of rotatable bonds is 4. The second kappa shape index (κ2) is 7.88. The minimum Gasteiger partial charge on any atom is -0.322 e. The summed E-state index contributed by atoms with van der Waals surface area (Å²) in [5.41, 5.74) is 1.61. The number of anilines is 1. The van der Waals surface area contributed by atoms with E-state index in [2.05, 4.69) is 26.2 Å². The molecular weight excluding hydrogens is 457 g/mol. The first-order valence-electron chi connectivity index (χ1n) is 8.73. The van der Waals surface area contributed by atoms with Crippen molar-refractivity contribution < 1.29 is 9.18 Å². The topological polar surface area (TPSA) is 64.0 Å². The van der Waals surface area contributed by atoms with Crippen molar-refractivity contribution in [3.05, 3.63) is 81.1 Å². The van der Waals surface area contributed by atoms with E-state index in [1.165, 1.54) is 34.4 Å². The van der Waals surface area contributed by atoms with Crippen LogP contribution in [0.15, 0.2) is 64.1 Å². The molecule has 4 aromatic rings. The van der Waals surface area contributed by atoms with Crippen molar-refractivity contribution in [2.24, 2.45) is 0 Å². The van der Waals surface area contributed by atoms with Gasteiger partial charge < -0.3 is 5.32 Å². The van der Waals surface area contributed by atoms with Gasteiger partial charge in [0.15, 0.2) is 0 Å². The van der Waals surface area contributed by atoms with Crippen LogP contribution < -0.4 is 10.9 Å². The largest absolute Gasteiger partial charge is 0.322 e. The maximum absolute atomic E-state index is 13.9. The quantitative estimate of drug-likeness (QED) is 0.456. The molecule has 0 aliphatic carbocycles. The van der Waals surface area contributed by atoms with Crippen LogP contribution in [-0.4, -0.2) is 15.5 Å². The van der Waals surface area contributed by atoms with E-state index in [0.717, 1.165) is 16.0 Å². The van der Waals surface area contributed by atoms with E-state index < -0.39 is 11.7 Å². The second-order valence-electron chi connectivity index (χ2n) is 6.45. The van der Waals surface area contributed by atoms with Crippen molar-refractivity contribution in [1.82, 2.24) is 9.55 Å². The van der Waals surface area contributed by atoms with E-state index >= 15 is 0 Å². The highest BCUT2D eigenvalue weighted by Gasteiger charge is 2.17. The summed E-state index contributed by atoms with van der Waals surface area (Å²) in [5.74, 6) is -1.07. The first kappa shape index (κ1) is 19.5. The Kier molecular flexibility index (Phi) is 5.29. The van der Waals surface area contributed by atoms with E-state index in [4.69, 9.17) is 0 Å². The van der Waals surface area contributed by atoms with Crippen molar-refractivity contribution in [3.63, 3.8) is 0 Å². The Morgan fingerprint density at radius 1 is 1.24 bits per heavy atom. The highest BCUT2D eigenvalue weighted by Crippen LogP contribution is 2.35. The molecule has 8 heteroatoms. The first-order chi connectivity index (χ1) is 13.9. The Morgan fingerprint density at radius 3 is 2.72 bits per heavy atom.